The van der Waals surface area contributed by atoms with Gasteiger partial charge in [0.15, 0.2) is 11.5 Å². The summed E-state index contributed by atoms with van der Waals surface area (Å²) in [7, 11) is 0. The highest BCUT2D eigenvalue weighted by Gasteiger charge is 2.15. The van der Waals surface area contributed by atoms with Crippen molar-refractivity contribution < 1.29 is 14.3 Å². The molecule has 1 saturated heterocycles. The van der Waals surface area contributed by atoms with Crippen LogP contribution in [0.15, 0.2) is 48.0 Å². The number of anilines is 2. The maximum atomic E-state index is 12.6. The lowest BCUT2D eigenvalue weighted by atomic mass is 10.1. The van der Waals surface area contributed by atoms with Gasteiger partial charge in [0.05, 0.1) is 0 Å². The molecule has 6 nitrogen and oxygen atoms in total. The van der Waals surface area contributed by atoms with Crippen molar-refractivity contribution in [2.75, 3.05) is 36.5 Å². The smallest absolute Gasteiger partial charge is 0.266 e. The van der Waals surface area contributed by atoms with E-state index in [1.54, 1.807) is 24.3 Å². The van der Waals surface area contributed by atoms with Gasteiger partial charge >= 0.3 is 0 Å². The number of fused-ring (bicyclic) bond motifs is 1. The lowest BCUT2D eigenvalue weighted by Crippen LogP contribution is -2.23. The Morgan fingerprint density at radius 2 is 1.67 bits per heavy atom. The van der Waals surface area contributed by atoms with Crippen molar-refractivity contribution in [1.82, 2.24) is 0 Å². The quantitative estimate of drug-likeness (QED) is 0.606. The van der Waals surface area contributed by atoms with Crippen molar-refractivity contribution >= 4 is 23.4 Å². The van der Waals surface area contributed by atoms with Crippen LogP contribution in [0.2, 0.25) is 0 Å². The maximum absolute atomic E-state index is 12.6. The monoisotopic (exact) mass is 403 g/mol. The molecule has 2 aromatic carbocycles. The van der Waals surface area contributed by atoms with Crippen LogP contribution in [0, 0.1) is 11.3 Å². The van der Waals surface area contributed by atoms with Crippen LogP contribution in [0.1, 0.15) is 31.2 Å². The van der Waals surface area contributed by atoms with E-state index >= 15 is 0 Å². The molecule has 0 spiro atoms. The van der Waals surface area contributed by atoms with E-state index in [2.05, 4.69) is 22.3 Å². The van der Waals surface area contributed by atoms with Gasteiger partial charge in [-0.3, -0.25) is 4.79 Å². The minimum absolute atomic E-state index is 0.0485. The molecule has 1 fully saturated rings. The van der Waals surface area contributed by atoms with Crippen LogP contribution in [-0.2, 0) is 4.79 Å². The van der Waals surface area contributed by atoms with Crippen LogP contribution in [0.25, 0.3) is 6.08 Å². The zero-order valence-electron chi connectivity index (χ0n) is 16.9. The van der Waals surface area contributed by atoms with E-state index in [-0.39, 0.29) is 5.57 Å². The maximum Gasteiger partial charge on any atom is 0.266 e. The Morgan fingerprint density at radius 1 is 0.967 bits per heavy atom. The molecule has 2 aromatic rings. The third-order valence-electron chi connectivity index (χ3n) is 5.34. The molecular formula is C24H25N3O3. The second kappa shape index (κ2) is 9.36. The van der Waals surface area contributed by atoms with Crippen LogP contribution in [-0.4, -0.2) is 32.2 Å². The standard InChI is InChI=1S/C24H25N3O3/c25-17-19(24(28)26-20-7-10-22-23(16-20)30-14-13-29-22)15-18-5-8-21(9-6-18)27-11-3-1-2-4-12-27/h5-10,15-16H,1-4,11-14H2,(H,26,28)/b19-15+. The molecule has 6 heteroatoms. The zero-order valence-corrected chi connectivity index (χ0v) is 16.9. The number of amides is 1. The topological polar surface area (TPSA) is 74.6 Å². The summed E-state index contributed by atoms with van der Waals surface area (Å²) in [6.07, 6.45) is 6.64. The second-order valence-electron chi connectivity index (χ2n) is 7.48. The fraction of sp³-hybridized carbons (Fsp3) is 0.333. The Hall–Kier alpha value is -3.46. The summed E-state index contributed by atoms with van der Waals surface area (Å²) < 4.78 is 11.0. The van der Waals surface area contributed by atoms with Crippen LogP contribution >= 0.6 is 0 Å². The normalized spacial score (nSPS) is 16.4. The molecule has 0 radical (unpaired) electrons. The van der Waals surface area contributed by atoms with E-state index in [9.17, 15) is 10.1 Å². The molecule has 154 valence electrons. The Morgan fingerprint density at radius 3 is 2.37 bits per heavy atom. The summed E-state index contributed by atoms with van der Waals surface area (Å²) in [5.41, 5.74) is 2.62. The lowest BCUT2D eigenvalue weighted by molar-refractivity contribution is -0.112. The fourth-order valence-corrected chi connectivity index (χ4v) is 3.75. The summed E-state index contributed by atoms with van der Waals surface area (Å²) in [6, 6.07) is 15.2. The molecule has 1 amide bonds. The number of carbonyl (C=O) groups is 1. The average Bonchev–Trinajstić information content (AvgIpc) is 3.07. The van der Waals surface area contributed by atoms with E-state index < -0.39 is 5.91 Å². The van der Waals surface area contributed by atoms with Gasteiger partial charge < -0.3 is 19.7 Å². The molecule has 2 aliphatic rings. The van der Waals surface area contributed by atoms with E-state index in [4.69, 9.17) is 9.47 Å². The number of rotatable bonds is 4. The first-order valence-electron chi connectivity index (χ1n) is 10.4. The second-order valence-corrected chi connectivity index (χ2v) is 7.48. The lowest BCUT2D eigenvalue weighted by Gasteiger charge is -2.22. The van der Waals surface area contributed by atoms with Gasteiger partial charge in [-0.05, 0) is 48.7 Å². The van der Waals surface area contributed by atoms with Gasteiger partial charge in [0, 0.05) is 30.5 Å². The van der Waals surface area contributed by atoms with Crippen molar-refractivity contribution in [3.63, 3.8) is 0 Å². The van der Waals surface area contributed by atoms with Gasteiger partial charge in [-0.15, -0.1) is 0 Å². The van der Waals surface area contributed by atoms with Crippen molar-refractivity contribution in [3.8, 4) is 17.6 Å². The molecule has 1 N–H and O–H groups in total. The zero-order chi connectivity index (χ0) is 20.8. The van der Waals surface area contributed by atoms with E-state index in [0.717, 1.165) is 18.7 Å². The largest absolute Gasteiger partial charge is 0.486 e. The molecule has 4 rings (SSSR count). The number of nitrogens with one attached hydrogen (secondary N) is 1. The predicted molar refractivity (Wildman–Crippen MR) is 117 cm³/mol. The summed E-state index contributed by atoms with van der Waals surface area (Å²) in [5.74, 6) is 0.788. The number of hydrogen-bond acceptors (Lipinski definition) is 5. The molecule has 2 heterocycles. The first-order valence-corrected chi connectivity index (χ1v) is 10.4. The molecule has 2 aliphatic heterocycles. The number of carbonyl (C=O) groups excluding carboxylic acids is 1. The van der Waals surface area contributed by atoms with Crippen molar-refractivity contribution in [2.45, 2.75) is 25.7 Å². The van der Waals surface area contributed by atoms with Crippen LogP contribution < -0.4 is 19.7 Å². The van der Waals surface area contributed by atoms with E-state index in [1.165, 1.54) is 31.4 Å². The van der Waals surface area contributed by atoms with E-state index in [0.29, 0.717) is 30.4 Å². The molecule has 0 aromatic heterocycles. The van der Waals surface area contributed by atoms with Crippen molar-refractivity contribution in [2.24, 2.45) is 0 Å². The third kappa shape index (κ3) is 4.74. The van der Waals surface area contributed by atoms with Gasteiger partial charge in [0.2, 0.25) is 0 Å². The Labute approximate surface area is 176 Å². The number of nitrogens with zero attached hydrogens (tertiary/aromatic N) is 2. The summed E-state index contributed by atoms with van der Waals surface area (Å²) >= 11 is 0. The predicted octanol–water partition coefficient (Wildman–Crippen LogP) is 4.38. The Kier molecular flexibility index (Phi) is 6.19. The van der Waals surface area contributed by atoms with Crippen molar-refractivity contribution in [3.05, 3.63) is 53.6 Å². The van der Waals surface area contributed by atoms with Gasteiger partial charge in [0.25, 0.3) is 5.91 Å². The Balaban J connectivity index is 1.45. The average molecular weight is 403 g/mol. The number of benzene rings is 2. The molecule has 0 bridgehead atoms. The first-order chi connectivity index (χ1) is 14.7. The molecule has 30 heavy (non-hydrogen) atoms. The first kappa shape index (κ1) is 19.8. The molecule has 0 aliphatic carbocycles. The van der Waals surface area contributed by atoms with Gasteiger partial charge in [-0.2, -0.15) is 5.26 Å². The van der Waals surface area contributed by atoms with Gasteiger partial charge in [-0.1, -0.05) is 25.0 Å². The molecule has 0 atom stereocenters. The third-order valence-corrected chi connectivity index (χ3v) is 5.34. The van der Waals surface area contributed by atoms with Crippen molar-refractivity contribution in [1.29, 1.82) is 5.26 Å². The minimum Gasteiger partial charge on any atom is -0.486 e. The summed E-state index contributed by atoms with van der Waals surface area (Å²) in [4.78, 5) is 15.0. The summed E-state index contributed by atoms with van der Waals surface area (Å²) in [5, 5.41) is 12.2. The highest BCUT2D eigenvalue weighted by molar-refractivity contribution is 6.09. The van der Waals surface area contributed by atoms with Crippen LogP contribution in [0.3, 0.4) is 0 Å². The highest BCUT2D eigenvalue weighted by atomic mass is 16.6. The number of ether oxygens (including phenoxy) is 2. The van der Waals surface area contributed by atoms with Gasteiger partial charge in [-0.25, -0.2) is 0 Å². The fourth-order valence-electron chi connectivity index (χ4n) is 3.75. The van der Waals surface area contributed by atoms with E-state index in [1.807, 2.05) is 18.2 Å². The molecular weight excluding hydrogens is 378 g/mol. The Bertz CT molecular complexity index is 968. The number of nitriles is 1. The van der Waals surface area contributed by atoms with Gasteiger partial charge in [0.1, 0.15) is 24.9 Å². The minimum atomic E-state index is -0.453. The highest BCUT2D eigenvalue weighted by Crippen LogP contribution is 2.32. The molecule has 0 unspecified atom stereocenters. The SMILES string of the molecule is N#C/C(=C\c1ccc(N2CCCCCC2)cc1)C(=O)Nc1ccc2c(c1)OCCO2. The molecule has 0 saturated carbocycles. The van der Waals surface area contributed by atoms with Crippen LogP contribution in [0.4, 0.5) is 11.4 Å². The number of hydrogen-bond donors (Lipinski definition) is 1. The summed E-state index contributed by atoms with van der Waals surface area (Å²) in [6.45, 7) is 3.14. The van der Waals surface area contributed by atoms with Crippen LogP contribution in [0.5, 0.6) is 11.5 Å².